The molecule has 1 aromatic rings. The molecule has 0 radical (unpaired) electrons. The molecule has 0 amide bonds. The zero-order valence-electron chi connectivity index (χ0n) is 11.8. The molecule has 108 valence electrons. The first-order valence-corrected chi connectivity index (χ1v) is 8.29. The van der Waals surface area contributed by atoms with Gasteiger partial charge in [-0.2, -0.15) is 0 Å². The lowest BCUT2D eigenvalue weighted by molar-refractivity contribution is 0.402. The molecule has 0 spiro atoms. The van der Waals surface area contributed by atoms with Gasteiger partial charge in [0.1, 0.15) is 10.6 Å². The predicted molar refractivity (Wildman–Crippen MR) is 77.4 cm³/mol. The van der Waals surface area contributed by atoms with Crippen LogP contribution in [0, 0.1) is 0 Å². The van der Waals surface area contributed by atoms with Gasteiger partial charge in [0.25, 0.3) is 0 Å². The monoisotopic (exact) mass is 285 g/mol. The SMILES string of the molecule is CCCC(CS(=O)(=O)c1ccccc1OC)NCC. The molecule has 0 aromatic heterocycles. The van der Waals surface area contributed by atoms with Gasteiger partial charge < -0.3 is 10.1 Å². The van der Waals surface area contributed by atoms with Crippen LogP contribution in [-0.4, -0.2) is 33.9 Å². The third-order valence-corrected chi connectivity index (χ3v) is 4.80. The van der Waals surface area contributed by atoms with Crippen LogP contribution in [0.2, 0.25) is 0 Å². The molecule has 0 aliphatic carbocycles. The van der Waals surface area contributed by atoms with Crippen molar-refractivity contribution in [3.63, 3.8) is 0 Å². The molecular formula is C14H23NO3S. The van der Waals surface area contributed by atoms with Gasteiger partial charge in [-0.05, 0) is 25.1 Å². The van der Waals surface area contributed by atoms with Gasteiger partial charge >= 0.3 is 0 Å². The van der Waals surface area contributed by atoms with E-state index in [9.17, 15) is 8.42 Å². The topological polar surface area (TPSA) is 55.4 Å². The van der Waals surface area contributed by atoms with Crippen LogP contribution < -0.4 is 10.1 Å². The minimum Gasteiger partial charge on any atom is -0.495 e. The molecule has 0 aliphatic heterocycles. The van der Waals surface area contributed by atoms with Crippen LogP contribution in [0.5, 0.6) is 5.75 Å². The highest BCUT2D eigenvalue weighted by Gasteiger charge is 2.23. The van der Waals surface area contributed by atoms with Crippen molar-refractivity contribution in [3.05, 3.63) is 24.3 Å². The molecule has 1 N–H and O–H groups in total. The largest absolute Gasteiger partial charge is 0.495 e. The lowest BCUT2D eigenvalue weighted by Crippen LogP contribution is -2.35. The van der Waals surface area contributed by atoms with Crippen LogP contribution in [0.1, 0.15) is 26.7 Å². The zero-order chi connectivity index (χ0) is 14.3. The molecule has 1 aromatic carbocycles. The molecule has 19 heavy (non-hydrogen) atoms. The molecule has 0 saturated heterocycles. The molecule has 0 saturated carbocycles. The number of hydrogen-bond donors (Lipinski definition) is 1. The Balaban J connectivity index is 2.96. The fraction of sp³-hybridized carbons (Fsp3) is 0.571. The standard InChI is InChI=1S/C14H23NO3S/c1-4-8-12(15-5-2)11-19(16,17)14-10-7-6-9-13(14)18-3/h6-7,9-10,12,15H,4-5,8,11H2,1-3H3. The maximum absolute atomic E-state index is 12.5. The van der Waals surface area contributed by atoms with E-state index >= 15 is 0 Å². The lowest BCUT2D eigenvalue weighted by Gasteiger charge is -2.18. The van der Waals surface area contributed by atoms with Crippen molar-refractivity contribution in [3.8, 4) is 5.75 Å². The molecule has 5 heteroatoms. The average molecular weight is 285 g/mol. The van der Waals surface area contributed by atoms with E-state index in [4.69, 9.17) is 4.74 Å². The summed E-state index contributed by atoms with van der Waals surface area (Å²) in [6, 6.07) is 6.76. The van der Waals surface area contributed by atoms with Gasteiger partial charge in [-0.1, -0.05) is 32.4 Å². The van der Waals surface area contributed by atoms with Crippen molar-refractivity contribution in [2.24, 2.45) is 0 Å². The Morgan fingerprint density at radius 1 is 1.26 bits per heavy atom. The van der Waals surface area contributed by atoms with E-state index in [-0.39, 0.29) is 16.7 Å². The Kier molecular flexibility index (Phi) is 6.31. The normalized spacial score (nSPS) is 13.2. The second-order valence-corrected chi connectivity index (χ2v) is 6.48. The van der Waals surface area contributed by atoms with E-state index in [0.717, 1.165) is 19.4 Å². The number of hydrogen-bond acceptors (Lipinski definition) is 4. The van der Waals surface area contributed by atoms with Crippen molar-refractivity contribution in [2.75, 3.05) is 19.4 Å². The first kappa shape index (κ1) is 16.0. The summed E-state index contributed by atoms with van der Waals surface area (Å²) < 4.78 is 30.0. The van der Waals surface area contributed by atoms with E-state index in [1.807, 2.05) is 6.92 Å². The van der Waals surface area contributed by atoms with Gasteiger partial charge in [0.15, 0.2) is 9.84 Å². The highest BCUT2D eigenvalue weighted by molar-refractivity contribution is 7.91. The molecular weight excluding hydrogens is 262 g/mol. The third kappa shape index (κ3) is 4.51. The summed E-state index contributed by atoms with van der Waals surface area (Å²) in [6.07, 6.45) is 1.81. The van der Waals surface area contributed by atoms with Gasteiger partial charge in [-0.15, -0.1) is 0 Å². The van der Waals surface area contributed by atoms with Crippen molar-refractivity contribution >= 4 is 9.84 Å². The van der Waals surface area contributed by atoms with Crippen LogP contribution >= 0.6 is 0 Å². The molecule has 4 nitrogen and oxygen atoms in total. The minimum atomic E-state index is -3.33. The molecule has 0 aliphatic rings. The molecule has 1 rings (SSSR count). The summed E-state index contributed by atoms with van der Waals surface area (Å²) in [6.45, 7) is 4.81. The lowest BCUT2D eigenvalue weighted by atomic mass is 10.2. The van der Waals surface area contributed by atoms with Gasteiger partial charge in [-0.3, -0.25) is 0 Å². The van der Waals surface area contributed by atoms with Crippen LogP contribution in [-0.2, 0) is 9.84 Å². The highest BCUT2D eigenvalue weighted by Crippen LogP contribution is 2.24. The van der Waals surface area contributed by atoms with Crippen molar-refractivity contribution < 1.29 is 13.2 Å². The van der Waals surface area contributed by atoms with E-state index in [0.29, 0.717) is 5.75 Å². The Morgan fingerprint density at radius 2 is 1.95 bits per heavy atom. The van der Waals surface area contributed by atoms with Crippen LogP contribution in [0.25, 0.3) is 0 Å². The number of sulfone groups is 1. The molecule has 1 atom stereocenters. The second kappa shape index (κ2) is 7.50. The minimum absolute atomic E-state index is 0.00934. The van der Waals surface area contributed by atoms with Crippen molar-refractivity contribution in [2.45, 2.75) is 37.6 Å². The second-order valence-electron chi connectivity index (χ2n) is 4.48. The van der Waals surface area contributed by atoms with Crippen molar-refractivity contribution in [1.82, 2.24) is 5.32 Å². The number of para-hydroxylation sites is 1. The highest BCUT2D eigenvalue weighted by atomic mass is 32.2. The quantitative estimate of drug-likeness (QED) is 0.796. The van der Waals surface area contributed by atoms with E-state index in [1.54, 1.807) is 24.3 Å². The van der Waals surface area contributed by atoms with Crippen LogP contribution in [0.3, 0.4) is 0 Å². The van der Waals surface area contributed by atoms with E-state index in [2.05, 4.69) is 12.2 Å². The fourth-order valence-corrected chi connectivity index (χ4v) is 3.85. The van der Waals surface area contributed by atoms with Gasteiger partial charge in [0.2, 0.25) is 0 Å². The molecule has 0 bridgehead atoms. The number of ether oxygens (including phenoxy) is 1. The fourth-order valence-electron chi connectivity index (χ4n) is 2.11. The third-order valence-electron chi connectivity index (χ3n) is 2.95. The predicted octanol–water partition coefficient (Wildman–Crippen LogP) is 2.25. The first-order valence-electron chi connectivity index (χ1n) is 6.64. The van der Waals surface area contributed by atoms with E-state index in [1.165, 1.54) is 7.11 Å². The number of methoxy groups -OCH3 is 1. The van der Waals surface area contributed by atoms with Crippen LogP contribution in [0.4, 0.5) is 0 Å². The van der Waals surface area contributed by atoms with Crippen molar-refractivity contribution in [1.29, 1.82) is 0 Å². The Hall–Kier alpha value is -1.07. The number of nitrogens with one attached hydrogen (secondary N) is 1. The molecule has 0 fully saturated rings. The Morgan fingerprint density at radius 3 is 2.53 bits per heavy atom. The summed E-state index contributed by atoms with van der Waals surface area (Å²) in [5, 5.41) is 3.23. The smallest absolute Gasteiger partial charge is 0.183 e. The molecule has 1 unspecified atom stereocenters. The van der Waals surface area contributed by atoms with Gasteiger partial charge in [0, 0.05) is 6.04 Å². The summed E-state index contributed by atoms with van der Waals surface area (Å²) in [5.41, 5.74) is 0. The van der Waals surface area contributed by atoms with E-state index < -0.39 is 9.84 Å². The Bertz CT molecular complexity index is 479. The number of benzene rings is 1. The summed E-state index contributed by atoms with van der Waals surface area (Å²) >= 11 is 0. The first-order chi connectivity index (χ1) is 9.05. The number of rotatable bonds is 8. The maximum Gasteiger partial charge on any atom is 0.183 e. The van der Waals surface area contributed by atoms with Gasteiger partial charge in [-0.25, -0.2) is 8.42 Å². The van der Waals surface area contributed by atoms with Crippen LogP contribution in [0.15, 0.2) is 29.2 Å². The average Bonchev–Trinajstić information content (AvgIpc) is 2.39. The van der Waals surface area contributed by atoms with Gasteiger partial charge in [0.05, 0.1) is 12.9 Å². The maximum atomic E-state index is 12.5. The molecule has 0 heterocycles. The Labute approximate surface area is 116 Å². The summed E-state index contributed by atoms with van der Waals surface area (Å²) in [5.74, 6) is 0.518. The zero-order valence-corrected chi connectivity index (χ0v) is 12.7. The summed E-state index contributed by atoms with van der Waals surface area (Å²) in [7, 11) is -1.85. The summed E-state index contributed by atoms with van der Waals surface area (Å²) in [4.78, 5) is 0.275.